The third-order valence-electron chi connectivity index (χ3n) is 3.63. The zero-order valence-corrected chi connectivity index (χ0v) is 11.4. The van der Waals surface area contributed by atoms with E-state index >= 15 is 0 Å². The average molecular weight is 264 g/mol. The number of aromatic nitrogens is 1. The van der Waals surface area contributed by atoms with Gasteiger partial charge in [-0.1, -0.05) is 6.92 Å². The van der Waals surface area contributed by atoms with Crippen LogP contribution in [0, 0.1) is 0 Å². The molecule has 1 aliphatic heterocycles. The molecule has 5 nitrogen and oxygen atoms in total. The Hall–Kier alpha value is -1.46. The lowest BCUT2D eigenvalue weighted by atomic mass is 10.1. The highest BCUT2D eigenvalue weighted by Crippen LogP contribution is 2.22. The number of rotatable bonds is 4. The standard InChI is InChI=1S/C14H20N2O3/c1-3-10-4-11(7-15-6-10)14(18)16-8-13(19-2)5-12(16)9-17/h4,6-7,12-13,17H,3,5,8-9H2,1-2H3/t12-,13-/m0/s1. The van der Waals surface area contributed by atoms with Crippen molar-refractivity contribution in [2.45, 2.75) is 31.9 Å². The molecule has 1 N–H and O–H groups in total. The molecular formula is C14H20N2O3. The maximum absolute atomic E-state index is 12.5. The van der Waals surface area contributed by atoms with Gasteiger partial charge in [0.2, 0.25) is 0 Å². The van der Waals surface area contributed by atoms with Gasteiger partial charge in [-0.15, -0.1) is 0 Å². The quantitative estimate of drug-likeness (QED) is 0.876. The second kappa shape index (κ2) is 6.12. The van der Waals surface area contributed by atoms with Crippen LogP contribution in [0.5, 0.6) is 0 Å². The Labute approximate surface area is 113 Å². The fraction of sp³-hybridized carbons (Fsp3) is 0.571. The molecule has 104 valence electrons. The Kier molecular flexibility index (Phi) is 4.50. The van der Waals surface area contributed by atoms with E-state index in [4.69, 9.17) is 4.74 Å². The molecule has 0 radical (unpaired) electrons. The minimum absolute atomic E-state index is 0.00316. The third-order valence-corrected chi connectivity index (χ3v) is 3.63. The molecule has 0 aromatic carbocycles. The summed E-state index contributed by atoms with van der Waals surface area (Å²) in [7, 11) is 1.63. The van der Waals surface area contributed by atoms with Gasteiger partial charge in [-0.2, -0.15) is 0 Å². The molecule has 19 heavy (non-hydrogen) atoms. The minimum Gasteiger partial charge on any atom is -0.394 e. The van der Waals surface area contributed by atoms with Crippen molar-refractivity contribution in [2.24, 2.45) is 0 Å². The van der Waals surface area contributed by atoms with Crippen molar-refractivity contribution in [1.29, 1.82) is 0 Å². The van der Waals surface area contributed by atoms with Crippen LogP contribution in [0.4, 0.5) is 0 Å². The Morgan fingerprint density at radius 2 is 2.37 bits per heavy atom. The molecule has 0 aliphatic carbocycles. The van der Waals surface area contributed by atoms with E-state index in [9.17, 15) is 9.90 Å². The summed E-state index contributed by atoms with van der Waals surface area (Å²) >= 11 is 0. The van der Waals surface area contributed by atoms with Crippen LogP contribution < -0.4 is 0 Å². The molecule has 1 aromatic heterocycles. The first-order chi connectivity index (χ1) is 9.19. The van der Waals surface area contributed by atoms with Crippen molar-refractivity contribution in [1.82, 2.24) is 9.88 Å². The Balaban J connectivity index is 2.18. The van der Waals surface area contributed by atoms with Crippen LogP contribution >= 0.6 is 0 Å². The minimum atomic E-state index is -0.164. The van der Waals surface area contributed by atoms with Gasteiger partial charge in [0.1, 0.15) is 0 Å². The zero-order chi connectivity index (χ0) is 13.8. The van der Waals surface area contributed by atoms with Crippen LogP contribution in [-0.2, 0) is 11.2 Å². The molecular weight excluding hydrogens is 244 g/mol. The fourth-order valence-corrected chi connectivity index (χ4v) is 2.43. The highest BCUT2D eigenvalue weighted by atomic mass is 16.5. The number of methoxy groups -OCH3 is 1. The number of likely N-dealkylation sites (tertiary alicyclic amines) is 1. The van der Waals surface area contributed by atoms with Crippen molar-refractivity contribution in [3.63, 3.8) is 0 Å². The molecule has 1 amide bonds. The number of carbonyl (C=O) groups is 1. The van der Waals surface area contributed by atoms with Crippen molar-refractivity contribution in [2.75, 3.05) is 20.3 Å². The maximum Gasteiger partial charge on any atom is 0.255 e. The second-order valence-electron chi connectivity index (χ2n) is 4.82. The number of aliphatic hydroxyl groups excluding tert-OH is 1. The monoisotopic (exact) mass is 264 g/mol. The van der Waals surface area contributed by atoms with Crippen molar-refractivity contribution < 1.29 is 14.6 Å². The first-order valence-corrected chi connectivity index (χ1v) is 6.58. The second-order valence-corrected chi connectivity index (χ2v) is 4.82. The summed E-state index contributed by atoms with van der Waals surface area (Å²) in [6, 6.07) is 1.70. The molecule has 2 heterocycles. The number of aryl methyl sites for hydroxylation is 1. The summed E-state index contributed by atoms with van der Waals surface area (Å²) in [5.41, 5.74) is 1.61. The summed E-state index contributed by atoms with van der Waals surface area (Å²) in [5.74, 6) is -0.0820. The Bertz CT molecular complexity index is 450. The largest absolute Gasteiger partial charge is 0.394 e. The highest BCUT2D eigenvalue weighted by molar-refractivity contribution is 5.94. The predicted octanol–water partition coefficient (Wildman–Crippen LogP) is 0.866. The number of hydrogen-bond acceptors (Lipinski definition) is 4. The molecule has 0 saturated carbocycles. The number of nitrogens with zero attached hydrogens (tertiary/aromatic N) is 2. The van der Waals surface area contributed by atoms with Gasteiger partial charge in [0, 0.05) is 26.0 Å². The number of amides is 1. The lowest BCUT2D eigenvalue weighted by molar-refractivity contribution is 0.0647. The zero-order valence-electron chi connectivity index (χ0n) is 11.4. The molecule has 0 bridgehead atoms. The molecule has 1 saturated heterocycles. The number of hydrogen-bond donors (Lipinski definition) is 1. The van der Waals surface area contributed by atoms with Gasteiger partial charge in [0.25, 0.3) is 5.91 Å². The first-order valence-electron chi connectivity index (χ1n) is 6.58. The summed E-state index contributed by atoms with van der Waals surface area (Å²) < 4.78 is 5.28. The van der Waals surface area contributed by atoms with Gasteiger partial charge in [0.15, 0.2) is 0 Å². The van der Waals surface area contributed by atoms with Crippen molar-refractivity contribution >= 4 is 5.91 Å². The van der Waals surface area contributed by atoms with E-state index in [-0.39, 0.29) is 24.7 Å². The van der Waals surface area contributed by atoms with Gasteiger partial charge < -0.3 is 14.7 Å². The molecule has 0 spiro atoms. The molecule has 1 aliphatic rings. The van der Waals surface area contributed by atoms with Gasteiger partial charge in [-0.05, 0) is 24.5 Å². The van der Waals surface area contributed by atoms with Gasteiger partial charge in [-0.25, -0.2) is 0 Å². The highest BCUT2D eigenvalue weighted by Gasteiger charge is 2.35. The topological polar surface area (TPSA) is 62.7 Å². The third kappa shape index (κ3) is 2.93. The molecule has 0 unspecified atom stereocenters. The van der Waals surface area contributed by atoms with Crippen LogP contribution in [0.3, 0.4) is 0 Å². The van der Waals surface area contributed by atoms with E-state index in [1.165, 1.54) is 0 Å². The van der Waals surface area contributed by atoms with E-state index in [1.54, 1.807) is 24.4 Å². The van der Waals surface area contributed by atoms with Crippen LogP contribution in [-0.4, -0.2) is 53.3 Å². The number of aliphatic hydroxyl groups is 1. The lowest BCUT2D eigenvalue weighted by Crippen LogP contribution is -2.38. The normalized spacial score (nSPS) is 22.8. The Morgan fingerprint density at radius 1 is 1.58 bits per heavy atom. The van der Waals surface area contributed by atoms with Crippen LogP contribution in [0.1, 0.15) is 29.3 Å². The van der Waals surface area contributed by atoms with Crippen LogP contribution in [0.2, 0.25) is 0 Å². The number of ether oxygens (including phenoxy) is 1. The SMILES string of the molecule is CCc1cncc(C(=O)N2C[C@@H](OC)C[C@H]2CO)c1. The summed E-state index contributed by atoms with van der Waals surface area (Å²) in [5, 5.41) is 9.38. The smallest absolute Gasteiger partial charge is 0.255 e. The van der Waals surface area contributed by atoms with E-state index in [2.05, 4.69) is 4.98 Å². The van der Waals surface area contributed by atoms with E-state index in [0.29, 0.717) is 18.5 Å². The van der Waals surface area contributed by atoms with E-state index in [1.807, 2.05) is 13.0 Å². The summed E-state index contributed by atoms with van der Waals surface area (Å²) in [4.78, 5) is 18.2. The summed E-state index contributed by atoms with van der Waals surface area (Å²) in [6.45, 7) is 2.52. The Morgan fingerprint density at radius 3 is 3.00 bits per heavy atom. The molecule has 1 aromatic rings. The van der Waals surface area contributed by atoms with Crippen molar-refractivity contribution in [3.8, 4) is 0 Å². The summed E-state index contributed by atoms with van der Waals surface area (Å²) in [6.07, 6.45) is 4.87. The van der Waals surface area contributed by atoms with E-state index < -0.39 is 0 Å². The van der Waals surface area contributed by atoms with Crippen molar-refractivity contribution in [3.05, 3.63) is 29.6 Å². The van der Waals surface area contributed by atoms with Crippen LogP contribution in [0.25, 0.3) is 0 Å². The lowest BCUT2D eigenvalue weighted by Gasteiger charge is -2.22. The maximum atomic E-state index is 12.5. The molecule has 1 fully saturated rings. The average Bonchev–Trinajstić information content (AvgIpc) is 2.89. The van der Waals surface area contributed by atoms with E-state index in [0.717, 1.165) is 12.0 Å². The van der Waals surface area contributed by atoms with Gasteiger partial charge in [0.05, 0.1) is 24.3 Å². The van der Waals surface area contributed by atoms with Crippen LogP contribution in [0.15, 0.2) is 18.5 Å². The van der Waals surface area contributed by atoms with Gasteiger partial charge >= 0.3 is 0 Å². The fourth-order valence-electron chi connectivity index (χ4n) is 2.43. The first kappa shape index (κ1) is 14.0. The molecule has 2 rings (SSSR count). The van der Waals surface area contributed by atoms with Gasteiger partial charge in [-0.3, -0.25) is 9.78 Å². The number of carbonyl (C=O) groups excluding carboxylic acids is 1. The number of pyridine rings is 1. The predicted molar refractivity (Wildman–Crippen MR) is 70.9 cm³/mol. The molecule has 2 atom stereocenters. The molecule has 5 heteroatoms.